The van der Waals surface area contributed by atoms with Gasteiger partial charge in [0.05, 0.1) is 24.2 Å². The van der Waals surface area contributed by atoms with Gasteiger partial charge in [0.25, 0.3) is 0 Å². The van der Waals surface area contributed by atoms with Crippen molar-refractivity contribution in [3.05, 3.63) is 71.0 Å². The van der Waals surface area contributed by atoms with Gasteiger partial charge in [-0.25, -0.2) is 14.5 Å². The first-order valence-corrected chi connectivity index (χ1v) is 11.9. The molecule has 0 saturated heterocycles. The van der Waals surface area contributed by atoms with E-state index in [2.05, 4.69) is 39.6 Å². The molecule has 1 N–H and O–H groups in total. The van der Waals surface area contributed by atoms with Gasteiger partial charge in [-0.05, 0) is 55.8 Å². The van der Waals surface area contributed by atoms with E-state index in [9.17, 15) is 9.59 Å². The van der Waals surface area contributed by atoms with Crippen LogP contribution in [0.5, 0.6) is 0 Å². The Morgan fingerprint density at radius 3 is 2.65 bits per heavy atom. The minimum Gasteiger partial charge on any atom is -0.465 e. The summed E-state index contributed by atoms with van der Waals surface area (Å²) in [4.78, 5) is 32.7. The molecule has 9 heteroatoms. The van der Waals surface area contributed by atoms with Gasteiger partial charge in [-0.2, -0.15) is 5.10 Å². The summed E-state index contributed by atoms with van der Waals surface area (Å²) in [6, 6.07) is 14.1. The Balaban J connectivity index is 1.31. The van der Waals surface area contributed by atoms with E-state index in [1.165, 1.54) is 24.0 Å². The van der Waals surface area contributed by atoms with E-state index in [4.69, 9.17) is 9.72 Å². The van der Waals surface area contributed by atoms with Crippen LogP contribution >= 0.6 is 11.3 Å². The minimum absolute atomic E-state index is 0.0370. The molecule has 0 bridgehead atoms. The van der Waals surface area contributed by atoms with Crippen LogP contribution in [0, 0.1) is 5.92 Å². The van der Waals surface area contributed by atoms with E-state index in [1.807, 2.05) is 36.1 Å². The standard InChI is InChI=1S/C25H25N5O3S/c1-29(14-16-4-9-19(10-5-16)30-13-3-12-26-30)15-18-8-11-20-21(28-23(31)17-6-7-17)22(25(32)33-2)34-24(20)27-18/h3-5,8-13,17H,6-7,14-15H2,1-2H3,(H,28,31). The van der Waals surface area contributed by atoms with Gasteiger partial charge in [-0.3, -0.25) is 9.69 Å². The number of amides is 1. The lowest BCUT2D eigenvalue weighted by molar-refractivity contribution is -0.117. The quantitative estimate of drug-likeness (QED) is 0.383. The number of carbonyl (C=O) groups is 2. The van der Waals surface area contributed by atoms with Gasteiger partial charge in [0, 0.05) is 36.8 Å². The lowest BCUT2D eigenvalue weighted by atomic mass is 10.2. The molecule has 1 saturated carbocycles. The average Bonchev–Trinajstić information content (AvgIpc) is 3.44. The van der Waals surface area contributed by atoms with E-state index >= 15 is 0 Å². The molecule has 0 spiro atoms. The van der Waals surface area contributed by atoms with Gasteiger partial charge in [-0.1, -0.05) is 12.1 Å². The molecule has 34 heavy (non-hydrogen) atoms. The Bertz CT molecular complexity index is 1330. The first-order chi connectivity index (χ1) is 16.5. The first-order valence-electron chi connectivity index (χ1n) is 11.1. The van der Waals surface area contributed by atoms with Crippen molar-refractivity contribution in [1.82, 2.24) is 19.7 Å². The smallest absolute Gasteiger partial charge is 0.350 e. The number of carbonyl (C=O) groups excluding carboxylic acids is 2. The predicted octanol–water partition coefficient (Wildman–Crippen LogP) is 4.25. The Morgan fingerprint density at radius 2 is 1.97 bits per heavy atom. The molecule has 1 fully saturated rings. The summed E-state index contributed by atoms with van der Waals surface area (Å²) in [5.74, 6) is -0.478. The van der Waals surface area contributed by atoms with E-state index in [-0.39, 0.29) is 11.8 Å². The van der Waals surface area contributed by atoms with E-state index in [0.29, 0.717) is 21.9 Å². The zero-order valence-corrected chi connectivity index (χ0v) is 19.8. The van der Waals surface area contributed by atoms with Crippen LogP contribution < -0.4 is 5.32 Å². The SMILES string of the molecule is COC(=O)c1sc2nc(CN(C)Cc3ccc(-n4cccn4)cc3)ccc2c1NC(=O)C1CC1. The average molecular weight is 476 g/mol. The van der Waals surface area contributed by atoms with Crippen molar-refractivity contribution in [2.24, 2.45) is 5.92 Å². The molecular formula is C25H25N5O3S. The van der Waals surface area contributed by atoms with Crippen LogP contribution in [0.1, 0.15) is 33.8 Å². The van der Waals surface area contributed by atoms with E-state index < -0.39 is 5.97 Å². The maximum Gasteiger partial charge on any atom is 0.350 e. The molecule has 0 unspecified atom stereocenters. The summed E-state index contributed by atoms with van der Waals surface area (Å²) < 4.78 is 6.77. The molecule has 1 aliphatic rings. The van der Waals surface area contributed by atoms with Crippen molar-refractivity contribution in [1.29, 1.82) is 0 Å². The molecule has 0 aliphatic heterocycles. The lowest BCUT2D eigenvalue weighted by Gasteiger charge is -2.16. The molecule has 3 aromatic heterocycles. The molecule has 0 atom stereocenters. The monoisotopic (exact) mass is 475 g/mol. The molecule has 1 aromatic carbocycles. The fourth-order valence-corrected chi connectivity index (χ4v) is 4.92. The number of hydrogen-bond donors (Lipinski definition) is 1. The lowest BCUT2D eigenvalue weighted by Crippen LogP contribution is -2.18. The third-order valence-electron chi connectivity index (χ3n) is 5.77. The second kappa shape index (κ2) is 9.36. The number of hydrogen-bond acceptors (Lipinski definition) is 7. The molecule has 4 aromatic rings. The summed E-state index contributed by atoms with van der Waals surface area (Å²) in [7, 11) is 3.39. The zero-order chi connectivity index (χ0) is 23.7. The maximum absolute atomic E-state index is 12.4. The second-order valence-corrected chi connectivity index (χ2v) is 9.51. The molecule has 1 aliphatic carbocycles. The number of rotatable bonds is 8. The predicted molar refractivity (Wildman–Crippen MR) is 131 cm³/mol. The number of ether oxygens (including phenoxy) is 1. The topological polar surface area (TPSA) is 89.3 Å². The molecule has 3 heterocycles. The number of methoxy groups -OCH3 is 1. The van der Waals surface area contributed by atoms with Crippen LogP contribution in [-0.2, 0) is 22.6 Å². The van der Waals surface area contributed by atoms with Crippen molar-refractivity contribution in [2.45, 2.75) is 25.9 Å². The fraction of sp³-hybridized carbons (Fsp3) is 0.280. The van der Waals surface area contributed by atoms with Gasteiger partial charge >= 0.3 is 5.97 Å². The third-order valence-corrected chi connectivity index (χ3v) is 6.85. The highest BCUT2D eigenvalue weighted by Crippen LogP contribution is 2.38. The maximum atomic E-state index is 12.4. The summed E-state index contributed by atoms with van der Waals surface area (Å²) in [5, 5.41) is 7.95. The Kier molecular flexibility index (Phi) is 6.12. The van der Waals surface area contributed by atoms with Crippen LogP contribution in [0.15, 0.2) is 54.9 Å². The van der Waals surface area contributed by atoms with Crippen molar-refractivity contribution in [2.75, 3.05) is 19.5 Å². The second-order valence-electron chi connectivity index (χ2n) is 8.51. The number of thiophene rings is 1. The normalized spacial score (nSPS) is 13.4. The van der Waals surface area contributed by atoms with Crippen LogP contribution in [-0.4, -0.2) is 45.7 Å². The number of fused-ring (bicyclic) bond motifs is 1. The van der Waals surface area contributed by atoms with Crippen molar-refractivity contribution in [3.8, 4) is 5.69 Å². The Labute approximate surface area is 201 Å². The number of nitrogens with one attached hydrogen (secondary N) is 1. The fourth-order valence-electron chi connectivity index (χ4n) is 3.86. The van der Waals surface area contributed by atoms with Crippen LogP contribution in [0.4, 0.5) is 5.69 Å². The highest BCUT2D eigenvalue weighted by Gasteiger charge is 2.31. The highest BCUT2D eigenvalue weighted by atomic mass is 32.1. The van der Waals surface area contributed by atoms with Crippen LogP contribution in [0.25, 0.3) is 15.9 Å². The summed E-state index contributed by atoms with van der Waals surface area (Å²) >= 11 is 1.25. The van der Waals surface area contributed by atoms with Crippen molar-refractivity contribution >= 4 is 39.1 Å². The van der Waals surface area contributed by atoms with Crippen LogP contribution in [0.3, 0.4) is 0 Å². The van der Waals surface area contributed by atoms with Gasteiger partial charge in [-0.15, -0.1) is 11.3 Å². The Morgan fingerprint density at radius 1 is 1.18 bits per heavy atom. The summed E-state index contributed by atoms with van der Waals surface area (Å²) in [6.45, 7) is 1.41. The number of anilines is 1. The van der Waals surface area contributed by atoms with Crippen molar-refractivity contribution < 1.29 is 14.3 Å². The molecular weight excluding hydrogens is 450 g/mol. The van der Waals surface area contributed by atoms with Gasteiger partial charge in [0.1, 0.15) is 9.71 Å². The molecule has 8 nitrogen and oxygen atoms in total. The highest BCUT2D eigenvalue weighted by molar-refractivity contribution is 7.21. The van der Waals surface area contributed by atoms with Crippen LogP contribution in [0.2, 0.25) is 0 Å². The number of aromatic nitrogens is 3. The summed E-state index contributed by atoms with van der Waals surface area (Å²) in [6.07, 6.45) is 5.46. The van der Waals surface area contributed by atoms with Gasteiger partial charge in [0.15, 0.2) is 0 Å². The Hall–Kier alpha value is -3.56. The molecule has 0 radical (unpaired) electrons. The van der Waals surface area contributed by atoms with Gasteiger partial charge in [0.2, 0.25) is 5.91 Å². The molecule has 1 amide bonds. The largest absolute Gasteiger partial charge is 0.465 e. The number of esters is 1. The molecule has 174 valence electrons. The van der Waals surface area contributed by atoms with Crippen molar-refractivity contribution in [3.63, 3.8) is 0 Å². The number of nitrogens with zero attached hydrogens (tertiary/aromatic N) is 4. The molecule has 5 rings (SSSR count). The van der Waals surface area contributed by atoms with Gasteiger partial charge < -0.3 is 10.1 Å². The number of benzene rings is 1. The zero-order valence-electron chi connectivity index (χ0n) is 19.0. The summed E-state index contributed by atoms with van der Waals surface area (Å²) in [5.41, 5.74) is 3.61. The van der Waals surface area contributed by atoms with E-state index in [1.54, 1.807) is 6.20 Å². The first kappa shape index (κ1) is 22.2. The van der Waals surface area contributed by atoms with E-state index in [0.717, 1.165) is 36.2 Å². The third kappa shape index (κ3) is 4.71. The number of pyridine rings is 1. The minimum atomic E-state index is -0.466.